The van der Waals surface area contributed by atoms with Gasteiger partial charge in [0.2, 0.25) is 5.95 Å². The molecule has 42 heavy (non-hydrogen) atoms. The smallest absolute Gasteiger partial charge is 0.280 e. The molecule has 0 aromatic carbocycles. The lowest BCUT2D eigenvalue weighted by molar-refractivity contribution is -0.0711. The van der Waals surface area contributed by atoms with Crippen molar-refractivity contribution in [3.63, 3.8) is 0 Å². The predicted octanol–water partition coefficient (Wildman–Crippen LogP) is 6.16. The van der Waals surface area contributed by atoms with E-state index in [1.165, 1.54) is 122 Å². The number of unbranched alkanes of at least 4 members (excludes halogenated alkanes) is 19. The molecule has 2 aromatic heterocycles. The van der Waals surface area contributed by atoms with Crippen molar-refractivity contribution >= 4 is 17.1 Å². The number of anilines is 1. The Morgan fingerprint density at radius 3 is 1.88 bits per heavy atom. The largest absolute Gasteiger partial charge is 0.394 e. The molecule has 2 aromatic rings. The van der Waals surface area contributed by atoms with Gasteiger partial charge in [0, 0.05) is 6.61 Å². The van der Waals surface area contributed by atoms with Crippen LogP contribution in [0, 0.1) is 0 Å². The second-order valence-corrected chi connectivity index (χ2v) is 12.1. The zero-order valence-corrected chi connectivity index (χ0v) is 26.0. The predicted molar refractivity (Wildman–Crippen MR) is 167 cm³/mol. The molecule has 1 saturated heterocycles. The lowest BCUT2D eigenvalue weighted by Gasteiger charge is -2.22. The maximum atomic E-state index is 12.2. The number of nitrogens with two attached hydrogens (primary N) is 1. The number of aromatic amines is 1. The summed E-state index contributed by atoms with van der Waals surface area (Å²) in [6.07, 6.45) is 24.8. The van der Waals surface area contributed by atoms with Crippen LogP contribution >= 0.6 is 0 Å². The van der Waals surface area contributed by atoms with Crippen molar-refractivity contribution in [1.29, 1.82) is 0 Å². The summed E-state index contributed by atoms with van der Waals surface area (Å²) >= 11 is 0. The summed E-state index contributed by atoms with van der Waals surface area (Å²) in [5.41, 5.74) is 5.64. The van der Waals surface area contributed by atoms with Gasteiger partial charge < -0.3 is 25.4 Å². The van der Waals surface area contributed by atoms with Gasteiger partial charge in [0.1, 0.15) is 18.3 Å². The van der Waals surface area contributed by atoms with Gasteiger partial charge in [0.25, 0.3) is 5.56 Å². The Morgan fingerprint density at radius 1 is 0.881 bits per heavy atom. The first kappa shape index (κ1) is 34.5. The van der Waals surface area contributed by atoms with Gasteiger partial charge in [-0.3, -0.25) is 14.3 Å². The fourth-order valence-electron chi connectivity index (χ4n) is 5.98. The maximum Gasteiger partial charge on any atom is 0.280 e. The van der Waals surface area contributed by atoms with Crippen LogP contribution in [0.5, 0.6) is 0 Å². The number of hydrogen-bond acceptors (Lipinski definition) is 8. The van der Waals surface area contributed by atoms with E-state index in [4.69, 9.17) is 15.2 Å². The first-order chi connectivity index (χ1) is 20.6. The summed E-state index contributed by atoms with van der Waals surface area (Å²) in [6.45, 7) is 2.41. The highest BCUT2D eigenvalue weighted by molar-refractivity contribution is 5.70. The standard InChI is InChI=1S/C32H57N5O5/c1-2-3-4-5-6-7-8-9-10-11-12-13-14-15-16-17-18-19-20-21-22-41-28-27(39)25(23-38)42-31(28)37-24-34-26-29(37)35-32(33)36-30(26)40/h24-25,27-28,31,38-39H,2-23H2,1H3,(H3,33,35,36,40)/t25-,27?,28+,31-/m1/s1. The number of aliphatic hydroxyl groups is 2. The molecule has 0 spiro atoms. The molecule has 3 heterocycles. The van der Waals surface area contributed by atoms with Crippen molar-refractivity contribution < 1.29 is 19.7 Å². The quantitative estimate of drug-likeness (QED) is 0.106. The zero-order chi connectivity index (χ0) is 30.0. The van der Waals surface area contributed by atoms with Crippen LogP contribution in [-0.2, 0) is 9.47 Å². The molecular weight excluding hydrogens is 534 g/mol. The van der Waals surface area contributed by atoms with Crippen molar-refractivity contribution in [1.82, 2.24) is 19.5 Å². The minimum atomic E-state index is -1.01. The molecule has 0 saturated carbocycles. The van der Waals surface area contributed by atoms with E-state index in [-0.39, 0.29) is 23.7 Å². The lowest BCUT2D eigenvalue weighted by atomic mass is 10.0. The number of nitrogens with one attached hydrogen (secondary N) is 1. The number of imidazole rings is 1. The molecule has 10 heteroatoms. The van der Waals surface area contributed by atoms with Gasteiger partial charge in [0.15, 0.2) is 17.4 Å². The number of aliphatic hydroxyl groups excluding tert-OH is 2. The highest BCUT2D eigenvalue weighted by atomic mass is 16.6. The van der Waals surface area contributed by atoms with Crippen molar-refractivity contribution in [3.05, 3.63) is 16.7 Å². The molecule has 10 nitrogen and oxygen atoms in total. The average molecular weight is 592 g/mol. The Bertz CT molecular complexity index is 1040. The zero-order valence-electron chi connectivity index (χ0n) is 26.0. The van der Waals surface area contributed by atoms with E-state index in [1.807, 2.05) is 0 Å². The molecule has 240 valence electrons. The number of rotatable bonds is 24. The van der Waals surface area contributed by atoms with Gasteiger partial charge in [-0.15, -0.1) is 0 Å². The Kier molecular flexibility index (Phi) is 16.5. The van der Waals surface area contributed by atoms with Gasteiger partial charge in [-0.1, -0.05) is 129 Å². The molecule has 0 bridgehead atoms. The maximum absolute atomic E-state index is 12.2. The molecule has 4 atom stereocenters. The van der Waals surface area contributed by atoms with E-state index in [1.54, 1.807) is 4.57 Å². The van der Waals surface area contributed by atoms with Gasteiger partial charge in [0.05, 0.1) is 12.9 Å². The van der Waals surface area contributed by atoms with Crippen LogP contribution in [0.1, 0.15) is 142 Å². The summed E-state index contributed by atoms with van der Waals surface area (Å²) in [5.74, 6) is -0.0340. The van der Waals surface area contributed by atoms with Crippen molar-refractivity contribution in [2.45, 2.75) is 160 Å². The second-order valence-electron chi connectivity index (χ2n) is 12.1. The molecule has 1 unspecified atom stereocenters. The number of nitrogens with zero attached hydrogens (tertiary/aromatic N) is 3. The van der Waals surface area contributed by atoms with Crippen LogP contribution < -0.4 is 11.3 Å². The Balaban J connectivity index is 1.19. The van der Waals surface area contributed by atoms with E-state index in [9.17, 15) is 15.0 Å². The first-order valence-electron chi connectivity index (χ1n) is 16.8. The average Bonchev–Trinajstić information content (AvgIpc) is 3.54. The van der Waals surface area contributed by atoms with Crippen LogP contribution in [0.2, 0.25) is 0 Å². The van der Waals surface area contributed by atoms with E-state index >= 15 is 0 Å². The minimum Gasteiger partial charge on any atom is -0.394 e. The molecule has 5 N–H and O–H groups in total. The van der Waals surface area contributed by atoms with Crippen molar-refractivity contribution in [3.8, 4) is 0 Å². The van der Waals surface area contributed by atoms with Crippen molar-refractivity contribution in [2.24, 2.45) is 0 Å². The highest BCUT2D eigenvalue weighted by Gasteiger charge is 2.45. The van der Waals surface area contributed by atoms with Gasteiger partial charge >= 0.3 is 0 Å². The van der Waals surface area contributed by atoms with Gasteiger partial charge in [-0.25, -0.2) is 4.98 Å². The Labute approximate surface area is 251 Å². The van der Waals surface area contributed by atoms with Crippen molar-refractivity contribution in [2.75, 3.05) is 18.9 Å². The Morgan fingerprint density at radius 2 is 1.38 bits per heavy atom. The lowest BCUT2D eigenvalue weighted by Crippen LogP contribution is -2.35. The van der Waals surface area contributed by atoms with E-state index in [0.717, 1.165) is 12.8 Å². The normalized spacial score (nSPS) is 20.6. The number of aromatic nitrogens is 4. The summed E-state index contributed by atoms with van der Waals surface area (Å²) in [7, 11) is 0. The van der Waals surface area contributed by atoms with Crippen LogP contribution in [0.25, 0.3) is 11.2 Å². The summed E-state index contributed by atoms with van der Waals surface area (Å²) < 4.78 is 13.5. The summed E-state index contributed by atoms with van der Waals surface area (Å²) in [5, 5.41) is 20.4. The number of hydrogen-bond donors (Lipinski definition) is 4. The second kappa shape index (κ2) is 20.0. The third-order valence-corrected chi connectivity index (χ3v) is 8.53. The molecule has 1 aliphatic rings. The van der Waals surface area contributed by atoms with E-state index in [0.29, 0.717) is 6.61 Å². The highest BCUT2D eigenvalue weighted by Crippen LogP contribution is 2.33. The summed E-state index contributed by atoms with van der Waals surface area (Å²) in [6, 6.07) is 0. The minimum absolute atomic E-state index is 0.0340. The van der Waals surface area contributed by atoms with E-state index in [2.05, 4.69) is 21.9 Å². The number of fused-ring (bicyclic) bond motifs is 1. The van der Waals surface area contributed by atoms with E-state index < -0.39 is 30.1 Å². The molecule has 3 rings (SSSR count). The third kappa shape index (κ3) is 11.2. The van der Waals surface area contributed by atoms with Crippen LogP contribution in [0.3, 0.4) is 0 Å². The summed E-state index contributed by atoms with van der Waals surface area (Å²) in [4.78, 5) is 22.9. The van der Waals surface area contributed by atoms with Crippen LogP contribution in [-0.4, -0.2) is 61.3 Å². The topological polar surface area (TPSA) is 149 Å². The number of nitrogen functional groups attached to an aromatic ring is 1. The molecule has 1 fully saturated rings. The van der Waals surface area contributed by atoms with Crippen LogP contribution in [0.4, 0.5) is 5.95 Å². The molecule has 1 aliphatic heterocycles. The molecular formula is C32H57N5O5. The fourth-order valence-corrected chi connectivity index (χ4v) is 5.98. The SMILES string of the molecule is CCCCCCCCCCCCCCCCCCCCCCO[C@H]1C(O)[C@@H](CO)O[C@H]1n1cnc2c(=O)[nH]c(N)nc21. The molecule has 0 radical (unpaired) electrons. The molecule has 0 aliphatic carbocycles. The first-order valence-corrected chi connectivity index (χ1v) is 16.8. The van der Waals surface area contributed by atoms with Gasteiger partial charge in [-0.2, -0.15) is 4.98 Å². The molecule has 0 amide bonds. The Hall–Kier alpha value is -2.01. The number of H-pyrrole nitrogens is 1. The monoisotopic (exact) mass is 591 g/mol. The third-order valence-electron chi connectivity index (χ3n) is 8.53. The number of ether oxygens (including phenoxy) is 2. The van der Waals surface area contributed by atoms with Crippen LogP contribution in [0.15, 0.2) is 11.1 Å². The van der Waals surface area contributed by atoms with Gasteiger partial charge in [-0.05, 0) is 6.42 Å². The fraction of sp³-hybridized carbons (Fsp3) is 0.844.